The van der Waals surface area contributed by atoms with E-state index in [4.69, 9.17) is 19.9 Å². The molecule has 1 aliphatic rings. The summed E-state index contributed by atoms with van der Waals surface area (Å²) >= 11 is 0. The number of Topliss-reactive ketones (excluding diaryl/α,β-unsaturated/α-hetero) is 1. The molecule has 1 aromatic carbocycles. The summed E-state index contributed by atoms with van der Waals surface area (Å²) in [7, 11) is 0. The van der Waals surface area contributed by atoms with Gasteiger partial charge in [0.1, 0.15) is 41.0 Å². The van der Waals surface area contributed by atoms with Crippen molar-refractivity contribution in [3.05, 3.63) is 35.9 Å². The number of aliphatic hydroxyl groups is 1. The molecule has 1 fully saturated rings. The van der Waals surface area contributed by atoms with Crippen LogP contribution < -0.4 is 53.6 Å². The monoisotopic (exact) mass is 1060 g/mol. The highest BCUT2D eigenvalue weighted by Gasteiger charge is 2.37. The Kier molecular flexibility index (Phi) is 25.9. The van der Waals surface area contributed by atoms with Gasteiger partial charge in [-0.1, -0.05) is 50.6 Å². The normalized spacial score (nSPS) is 23.3. The zero-order chi connectivity index (χ0) is 56.8. The molecule has 0 bridgehead atoms. The topological polar surface area (TPSA) is 353 Å². The zero-order valence-corrected chi connectivity index (χ0v) is 45.7. The van der Waals surface area contributed by atoms with Gasteiger partial charge in [0.15, 0.2) is 5.78 Å². The van der Waals surface area contributed by atoms with Crippen molar-refractivity contribution >= 4 is 59.5 Å². The predicted molar refractivity (Wildman–Crippen MR) is 276 cm³/mol. The maximum atomic E-state index is 14.6. The molecule has 0 unspecified atom stereocenters. The Labute approximate surface area is 440 Å². The van der Waals surface area contributed by atoms with Crippen LogP contribution in [-0.2, 0) is 54.2 Å². The third-order valence-corrected chi connectivity index (χ3v) is 11.4. The van der Waals surface area contributed by atoms with E-state index in [9.17, 15) is 53.1 Å². The number of nitrogens with one attached hydrogen (secondary N) is 9. The van der Waals surface area contributed by atoms with Crippen molar-refractivity contribution in [1.29, 1.82) is 0 Å². The fourth-order valence-corrected chi connectivity index (χ4v) is 7.35. The first-order valence-electron chi connectivity index (χ1n) is 25.5. The van der Waals surface area contributed by atoms with E-state index in [2.05, 4.69) is 47.9 Å². The van der Waals surface area contributed by atoms with Gasteiger partial charge < -0.3 is 72.9 Å². The van der Waals surface area contributed by atoms with Crippen LogP contribution in [0.2, 0.25) is 0 Å². The number of amides is 9. The molecular formula is C51H84N10O14. The minimum Gasteiger partial charge on any atom is -0.444 e. The van der Waals surface area contributed by atoms with E-state index >= 15 is 0 Å². The Morgan fingerprint density at radius 1 is 0.613 bits per heavy atom. The van der Waals surface area contributed by atoms with Gasteiger partial charge in [-0.2, -0.15) is 0 Å². The first-order chi connectivity index (χ1) is 34.8. The number of alkyl carbamates (subject to hydrolysis) is 3. The van der Waals surface area contributed by atoms with Crippen molar-refractivity contribution in [2.24, 2.45) is 17.6 Å². The second-order valence-electron chi connectivity index (χ2n) is 21.7. The fourth-order valence-electron chi connectivity index (χ4n) is 7.35. The first-order valence-corrected chi connectivity index (χ1v) is 25.5. The second kappa shape index (κ2) is 30.1. The Balaban J connectivity index is 2.76. The molecule has 1 heterocycles. The number of aliphatic hydroxyl groups excluding tert-OH is 1. The van der Waals surface area contributed by atoms with E-state index in [1.54, 1.807) is 106 Å². The largest absolute Gasteiger partial charge is 0.444 e. The summed E-state index contributed by atoms with van der Waals surface area (Å²) in [5.74, 6) is -7.47. The quantitative estimate of drug-likeness (QED) is 0.117. The molecule has 9 atom stereocenters. The van der Waals surface area contributed by atoms with Crippen LogP contribution in [0.25, 0.3) is 0 Å². The van der Waals surface area contributed by atoms with Gasteiger partial charge in [0.25, 0.3) is 0 Å². The molecule has 0 aromatic heterocycles. The maximum Gasteiger partial charge on any atom is 0.407 e. The van der Waals surface area contributed by atoms with Gasteiger partial charge in [-0.3, -0.25) is 33.6 Å². The molecule has 75 heavy (non-hydrogen) atoms. The number of ketones is 1. The summed E-state index contributed by atoms with van der Waals surface area (Å²) in [5, 5.41) is 34.0. The lowest BCUT2D eigenvalue weighted by molar-refractivity contribution is -0.137. The van der Waals surface area contributed by atoms with Crippen LogP contribution in [0.4, 0.5) is 14.4 Å². The number of rotatable bonds is 14. The lowest BCUT2D eigenvalue weighted by Gasteiger charge is -2.29. The Hall–Kier alpha value is -6.56. The Bertz CT molecular complexity index is 2100. The summed E-state index contributed by atoms with van der Waals surface area (Å²) < 4.78 is 16.0. The number of hydrogen-bond acceptors (Lipinski definition) is 15. The van der Waals surface area contributed by atoms with Gasteiger partial charge in [0.2, 0.25) is 35.4 Å². The summed E-state index contributed by atoms with van der Waals surface area (Å²) in [5.41, 5.74) is 4.30. The van der Waals surface area contributed by atoms with E-state index in [1.807, 2.05) is 0 Å². The first kappa shape index (κ1) is 64.6. The van der Waals surface area contributed by atoms with Crippen LogP contribution in [0.1, 0.15) is 127 Å². The highest BCUT2D eigenvalue weighted by molar-refractivity contribution is 5.97. The van der Waals surface area contributed by atoms with Crippen molar-refractivity contribution < 1.29 is 67.3 Å². The van der Waals surface area contributed by atoms with Crippen molar-refractivity contribution in [2.45, 2.75) is 187 Å². The molecule has 12 N–H and O–H groups in total. The van der Waals surface area contributed by atoms with Crippen molar-refractivity contribution in [3.8, 4) is 0 Å². The van der Waals surface area contributed by atoms with E-state index in [-0.39, 0.29) is 58.3 Å². The highest BCUT2D eigenvalue weighted by atomic mass is 16.6. The molecule has 0 spiro atoms. The van der Waals surface area contributed by atoms with Gasteiger partial charge in [0.05, 0.1) is 18.2 Å². The van der Waals surface area contributed by atoms with Gasteiger partial charge in [-0.05, 0) is 113 Å². The van der Waals surface area contributed by atoms with E-state index < -0.39 is 137 Å². The molecule has 1 aliphatic heterocycles. The van der Waals surface area contributed by atoms with Crippen molar-refractivity contribution in [1.82, 2.24) is 47.9 Å². The summed E-state index contributed by atoms with van der Waals surface area (Å²) in [6.07, 6.45) is -5.09. The highest BCUT2D eigenvalue weighted by Crippen LogP contribution is 2.22. The van der Waals surface area contributed by atoms with Gasteiger partial charge in [-0.15, -0.1) is 0 Å². The number of nitrogens with two attached hydrogens (primary N) is 1. The lowest BCUT2D eigenvalue weighted by Crippen LogP contribution is -2.60. The van der Waals surface area contributed by atoms with Crippen molar-refractivity contribution in [3.63, 3.8) is 0 Å². The molecule has 2 rings (SSSR count). The average Bonchev–Trinajstić information content (AvgIpc) is 3.28. The zero-order valence-electron chi connectivity index (χ0n) is 45.7. The molecule has 0 aliphatic carbocycles. The molecule has 9 amide bonds. The molecule has 0 saturated carbocycles. The number of hydrogen-bond donors (Lipinski definition) is 11. The molecule has 24 heteroatoms. The van der Waals surface area contributed by atoms with Crippen LogP contribution >= 0.6 is 0 Å². The molecule has 0 radical (unpaired) electrons. The molecule has 1 saturated heterocycles. The van der Waals surface area contributed by atoms with E-state index in [0.29, 0.717) is 12.0 Å². The van der Waals surface area contributed by atoms with E-state index in [0.717, 1.165) is 0 Å². The summed E-state index contributed by atoms with van der Waals surface area (Å²) in [6, 6.07) is 0.0188. The number of carbonyl (C=O) groups is 10. The van der Waals surface area contributed by atoms with Crippen molar-refractivity contribution in [2.75, 3.05) is 26.2 Å². The molecule has 422 valence electrons. The smallest absolute Gasteiger partial charge is 0.407 e. The Morgan fingerprint density at radius 2 is 1.01 bits per heavy atom. The van der Waals surface area contributed by atoms with Crippen LogP contribution in [0.3, 0.4) is 0 Å². The van der Waals surface area contributed by atoms with Crippen LogP contribution in [-0.4, -0.2) is 150 Å². The summed E-state index contributed by atoms with van der Waals surface area (Å²) in [6.45, 7) is 18.7. The minimum atomic E-state index is -1.64. The van der Waals surface area contributed by atoms with Gasteiger partial charge in [0, 0.05) is 38.5 Å². The number of ether oxygens (including phenoxy) is 3. The van der Waals surface area contributed by atoms with Crippen LogP contribution in [0, 0.1) is 11.8 Å². The minimum absolute atomic E-state index is 0.0443. The third-order valence-electron chi connectivity index (χ3n) is 11.4. The Morgan fingerprint density at radius 3 is 1.43 bits per heavy atom. The van der Waals surface area contributed by atoms with Crippen LogP contribution in [0.15, 0.2) is 30.3 Å². The van der Waals surface area contributed by atoms with Gasteiger partial charge >= 0.3 is 18.3 Å². The number of benzene rings is 1. The average molecular weight is 1060 g/mol. The maximum absolute atomic E-state index is 14.6. The number of carbonyl (C=O) groups excluding carboxylic acids is 10. The fraction of sp³-hybridized carbons (Fsp3) is 0.686. The standard InChI is InChI=1S/C51H84N10O14/c1-13-29(2)32-28-38(63)37(27-31-17-15-14-16-18-31)60-43(67)35(21-25-55-47(71)74-50(7,8)9)58-41(65)33(52)19-23-53-45(69)39(30(3)62)61-44(68)36(22-26-56-48(72)75-51(10,11)12)59-42(66)34(57-40(32)64)20-24-54-46(70)73-49(4,5)6/h14-18,29-30,32-37,39,62H,13,19-28,52H2,1-12H3,(H,53,69)(H,54,70)(H,55,71)(H,56,72)(H,57,64)(H,58,65)(H,59,66)(H,60,67)(H,61,68)/t29-,30+,32-,33-,34-,35-,36-,37+,39-/m0/s1. The predicted octanol–water partition coefficient (Wildman–Crippen LogP) is 1.25. The SMILES string of the molecule is CC[C@H](C)[C@@H]1CC(=O)[C@@H](Cc2ccccc2)NC(=O)[C@H](CCNC(=O)OC(C)(C)C)NC(=O)[C@@H](N)CCNC(=O)[C@H]([C@@H](C)O)NC(=O)[C@H](CCNC(=O)OC(C)(C)C)NC(=O)[C@H](CCNC(=O)OC(C)(C)C)NC1=O. The van der Waals surface area contributed by atoms with Gasteiger partial charge in [-0.25, -0.2) is 14.4 Å². The molecular weight excluding hydrogens is 977 g/mol. The molecule has 24 nitrogen and oxygen atoms in total. The molecule has 1 aromatic rings. The lowest BCUT2D eigenvalue weighted by atomic mass is 9.84. The van der Waals surface area contributed by atoms with E-state index in [1.165, 1.54) is 6.92 Å². The third kappa shape index (κ3) is 25.5. The van der Waals surface area contributed by atoms with Crippen LogP contribution in [0.5, 0.6) is 0 Å². The summed E-state index contributed by atoms with van der Waals surface area (Å²) in [4.78, 5) is 137. The second-order valence-corrected chi connectivity index (χ2v) is 21.7.